The van der Waals surface area contributed by atoms with Crippen LogP contribution < -0.4 is 10.6 Å². The van der Waals surface area contributed by atoms with E-state index in [9.17, 15) is 4.79 Å². The first-order chi connectivity index (χ1) is 5.24. The van der Waals surface area contributed by atoms with Gasteiger partial charge >= 0.3 is 6.03 Å². The van der Waals surface area contributed by atoms with Crippen molar-refractivity contribution in [1.29, 1.82) is 0 Å². The van der Waals surface area contributed by atoms with Crippen molar-refractivity contribution in [2.24, 2.45) is 0 Å². The zero-order valence-corrected chi connectivity index (χ0v) is 6.33. The first kappa shape index (κ1) is 8.29. The van der Waals surface area contributed by atoms with E-state index >= 15 is 0 Å². The number of carbonyl (C=O) groups excluding carboxylic acids is 1. The summed E-state index contributed by atoms with van der Waals surface area (Å²) in [5, 5.41) is 14.1. The Labute approximate surface area is 64.7 Å². The molecule has 5 nitrogen and oxygen atoms in total. The molecule has 0 aliphatic carbocycles. The van der Waals surface area contributed by atoms with E-state index in [2.05, 4.69) is 10.6 Å². The third-order valence-corrected chi connectivity index (χ3v) is 1.59. The van der Waals surface area contributed by atoms with E-state index in [-0.39, 0.29) is 12.1 Å². The third-order valence-electron chi connectivity index (χ3n) is 1.59. The number of urea groups is 1. The standard InChI is InChI=1S/C6H12N2O3/c1-7-6(10)8-4-2-11-3-5(4)9/h4-5,9H,2-3H2,1H3,(H2,7,8,10). The van der Waals surface area contributed by atoms with Gasteiger partial charge in [-0.3, -0.25) is 0 Å². The summed E-state index contributed by atoms with van der Waals surface area (Å²) in [6, 6.07) is -0.561. The largest absolute Gasteiger partial charge is 0.388 e. The molecule has 64 valence electrons. The zero-order valence-electron chi connectivity index (χ0n) is 6.33. The van der Waals surface area contributed by atoms with Crippen LogP contribution in [0.4, 0.5) is 4.79 Å². The molecule has 0 saturated carbocycles. The summed E-state index contributed by atoms with van der Waals surface area (Å²) in [5.74, 6) is 0. The average Bonchev–Trinajstić information content (AvgIpc) is 2.37. The van der Waals surface area contributed by atoms with Crippen molar-refractivity contribution in [3.05, 3.63) is 0 Å². The smallest absolute Gasteiger partial charge is 0.314 e. The number of hydrogen-bond donors (Lipinski definition) is 3. The van der Waals surface area contributed by atoms with Crippen LogP contribution in [0.2, 0.25) is 0 Å². The molecule has 0 bridgehead atoms. The van der Waals surface area contributed by atoms with Crippen LogP contribution in [-0.4, -0.2) is 43.5 Å². The van der Waals surface area contributed by atoms with Gasteiger partial charge in [-0.15, -0.1) is 0 Å². The van der Waals surface area contributed by atoms with E-state index in [0.717, 1.165) is 0 Å². The molecule has 0 aromatic rings. The first-order valence-corrected chi connectivity index (χ1v) is 3.48. The van der Waals surface area contributed by atoms with Crippen molar-refractivity contribution < 1.29 is 14.6 Å². The Hall–Kier alpha value is -0.810. The zero-order chi connectivity index (χ0) is 8.27. The van der Waals surface area contributed by atoms with E-state index < -0.39 is 6.10 Å². The molecule has 2 atom stereocenters. The molecule has 0 aromatic heterocycles. The number of nitrogens with one attached hydrogen (secondary N) is 2. The maximum atomic E-state index is 10.7. The first-order valence-electron chi connectivity index (χ1n) is 3.48. The lowest BCUT2D eigenvalue weighted by molar-refractivity contribution is 0.123. The molecule has 1 fully saturated rings. The van der Waals surface area contributed by atoms with Gasteiger partial charge in [0.05, 0.1) is 25.4 Å². The summed E-state index contributed by atoms with van der Waals surface area (Å²) in [5.41, 5.74) is 0. The fraction of sp³-hybridized carbons (Fsp3) is 0.833. The van der Waals surface area contributed by atoms with E-state index in [0.29, 0.717) is 13.2 Å². The molecule has 0 spiro atoms. The van der Waals surface area contributed by atoms with Crippen molar-refractivity contribution >= 4 is 6.03 Å². The molecule has 3 N–H and O–H groups in total. The molecule has 1 rings (SSSR count). The number of amides is 2. The Morgan fingerprint density at radius 1 is 1.64 bits per heavy atom. The molecule has 1 aliphatic heterocycles. The quantitative estimate of drug-likeness (QED) is 0.445. The highest BCUT2D eigenvalue weighted by atomic mass is 16.5. The van der Waals surface area contributed by atoms with Crippen molar-refractivity contribution in [1.82, 2.24) is 10.6 Å². The highest BCUT2D eigenvalue weighted by molar-refractivity contribution is 5.73. The van der Waals surface area contributed by atoms with Gasteiger partial charge in [-0.25, -0.2) is 4.79 Å². The fourth-order valence-corrected chi connectivity index (χ4v) is 0.921. The second-order valence-corrected chi connectivity index (χ2v) is 2.43. The molecule has 1 saturated heterocycles. The second kappa shape index (κ2) is 3.54. The Kier molecular flexibility index (Phi) is 2.67. The van der Waals surface area contributed by atoms with Gasteiger partial charge in [0, 0.05) is 7.05 Å². The predicted molar refractivity (Wildman–Crippen MR) is 38.2 cm³/mol. The lowest BCUT2D eigenvalue weighted by Gasteiger charge is -2.13. The molecule has 2 unspecified atom stereocenters. The van der Waals surface area contributed by atoms with Gasteiger partial charge < -0.3 is 20.5 Å². The SMILES string of the molecule is CNC(=O)NC1COCC1O. The van der Waals surface area contributed by atoms with Crippen LogP contribution in [0.5, 0.6) is 0 Å². The summed E-state index contributed by atoms with van der Waals surface area (Å²) in [4.78, 5) is 10.7. The minimum Gasteiger partial charge on any atom is -0.388 e. The molecule has 1 heterocycles. The molecular formula is C6H12N2O3. The van der Waals surface area contributed by atoms with Crippen LogP contribution in [0.1, 0.15) is 0 Å². The summed E-state index contributed by atoms with van der Waals surface area (Å²) in [7, 11) is 1.53. The highest BCUT2D eigenvalue weighted by Gasteiger charge is 2.26. The van der Waals surface area contributed by atoms with Gasteiger partial charge in [0.25, 0.3) is 0 Å². The van der Waals surface area contributed by atoms with Gasteiger partial charge in [0.1, 0.15) is 0 Å². The van der Waals surface area contributed by atoms with Gasteiger partial charge in [0.15, 0.2) is 0 Å². The topological polar surface area (TPSA) is 70.6 Å². The van der Waals surface area contributed by atoms with Crippen LogP contribution in [-0.2, 0) is 4.74 Å². The van der Waals surface area contributed by atoms with E-state index in [4.69, 9.17) is 9.84 Å². The number of rotatable bonds is 1. The van der Waals surface area contributed by atoms with Gasteiger partial charge in [-0.1, -0.05) is 0 Å². The van der Waals surface area contributed by atoms with Crippen LogP contribution in [0.3, 0.4) is 0 Å². The Bertz CT molecular complexity index is 151. The van der Waals surface area contributed by atoms with Crippen molar-refractivity contribution in [3.63, 3.8) is 0 Å². The van der Waals surface area contributed by atoms with Gasteiger partial charge in [-0.2, -0.15) is 0 Å². The summed E-state index contributed by atoms with van der Waals surface area (Å²) < 4.78 is 4.92. The van der Waals surface area contributed by atoms with Crippen LogP contribution >= 0.6 is 0 Å². The summed E-state index contributed by atoms with van der Waals surface area (Å²) in [6.45, 7) is 0.684. The minimum absolute atomic E-state index is 0.269. The molecule has 0 radical (unpaired) electrons. The van der Waals surface area contributed by atoms with E-state index in [1.54, 1.807) is 0 Å². The molecule has 5 heteroatoms. The van der Waals surface area contributed by atoms with Crippen molar-refractivity contribution in [2.45, 2.75) is 12.1 Å². The molecule has 2 amide bonds. The molecule has 11 heavy (non-hydrogen) atoms. The molecular weight excluding hydrogens is 148 g/mol. The Morgan fingerprint density at radius 2 is 2.36 bits per heavy atom. The second-order valence-electron chi connectivity index (χ2n) is 2.43. The molecule has 0 aromatic carbocycles. The normalized spacial score (nSPS) is 30.0. The number of hydrogen-bond acceptors (Lipinski definition) is 3. The summed E-state index contributed by atoms with van der Waals surface area (Å²) >= 11 is 0. The number of aliphatic hydroxyl groups excluding tert-OH is 1. The van der Waals surface area contributed by atoms with Gasteiger partial charge in [0.2, 0.25) is 0 Å². The average molecular weight is 160 g/mol. The lowest BCUT2D eigenvalue weighted by atomic mass is 10.2. The van der Waals surface area contributed by atoms with Crippen LogP contribution in [0.25, 0.3) is 0 Å². The lowest BCUT2D eigenvalue weighted by Crippen LogP contribution is -2.46. The molecule has 1 aliphatic rings. The number of aliphatic hydroxyl groups is 1. The minimum atomic E-state index is -0.577. The van der Waals surface area contributed by atoms with E-state index in [1.165, 1.54) is 7.05 Å². The maximum absolute atomic E-state index is 10.7. The van der Waals surface area contributed by atoms with Gasteiger partial charge in [-0.05, 0) is 0 Å². The summed E-state index contributed by atoms with van der Waals surface area (Å²) in [6.07, 6.45) is -0.577. The third kappa shape index (κ3) is 2.06. The Balaban J connectivity index is 2.30. The monoisotopic (exact) mass is 160 g/mol. The predicted octanol–water partition coefficient (Wildman–Crippen LogP) is -1.32. The Morgan fingerprint density at radius 3 is 2.82 bits per heavy atom. The highest BCUT2D eigenvalue weighted by Crippen LogP contribution is 2.03. The number of ether oxygens (including phenoxy) is 1. The van der Waals surface area contributed by atoms with Crippen LogP contribution in [0, 0.1) is 0 Å². The number of carbonyl (C=O) groups is 1. The maximum Gasteiger partial charge on any atom is 0.314 e. The fourth-order valence-electron chi connectivity index (χ4n) is 0.921. The van der Waals surface area contributed by atoms with E-state index in [1.807, 2.05) is 0 Å². The van der Waals surface area contributed by atoms with Crippen molar-refractivity contribution in [3.8, 4) is 0 Å². The van der Waals surface area contributed by atoms with Crippen molar-refractivity contribution in [2.75, 3.05) is 20.3 Å². The van der Waals surface area contributed by atoms with Crippen LogP contribution in [0.15, 0.2) is 0 Å².